The summed E-state index contributed by atoms with van der Waals surface area (Å²) in [6.45, 7) is 7.30. The van der Waals surface area contributed by atoms with Crippen molar-refractivity contribution in [3.63, 3.8) is 0 Å². The molecular weight excluding hydrogens is 500 g/mol. The van der Waals surface area contributed by atoms with Gasteiger partial charge in [-0.25, -0.2) is 19.5 Å². The summed E-state index contributed by atoms with van der Waals surface area (Å²) >= 11 is 1.65. The molecule has 10 nitrogen and oxygen atoms in total. The van der Waals surface area contributed by atoms with E-state index in [0.717, 1.165) is 63.2 Å². The van der Waals surface area contributed by atoms with Gasteiger partial charge in [0, 0.05) is 31.0 Å². The van der Waals surface area contributed by atoms with Gasteiger partial charge >= 0.3 is 0 Å². The van der Waals surface area contributed by atoms with Gasteiger partial charge in [0.15, 0.2) is 5.65 Å². The van der Waals surface area contributed by atoms with Crippen LogP contribution in [0.15, 0.2) is 67.9 Å². The third-order valence-electron chi connectivity index (χ3n) is 7.17. The average molecular weight is 525 g/mol. The summed E-state index contributed by atoms with van der Waals surface area (Å²) in [5.74, 6) is 2.25. The summed E-state index contributed by atoms with van der Waals surface area (Å²) in [6, 6.07) is 12.3. The molecule has 1 aromatic carbocycles. The van der Waals surface area contributed by atoms with E-state index in [0.29, 0.717) is 5.75 Å². The molecule has 0 aliphatic carbocycles. The average Bonchev–Trinajstić information content (AvgIpc) is 3.58. The number of benzene rings is 1. The molecule has 2 bridgehead atoms. The molecule has 11 heteroatoms. The molecule has 190 valence electrons. The quantitative estimate of drug-likeness (QED) is 0.323. The first-order valence-electron chi connectivity index (χ1n) is 12.3. The zero-order valence-corrected chi connectivity index (χ0v) is 21.4. The zero-order valence-electron chi connectivity index (χ0n) is 20.6. The third kappa shape index (κ3) is 3.82. The number of hydrogen-bond donors (Lipinski definition) is 1. The van der Waals surface area contributed by atoms with Gasteiger partial charge in [0.2, 0.25) is 5.91 Å². The third-order valence-corrected chi connectivity index (χ3v) is 8.27. The van der Waals surface area contributed by atoms with E-state index in [1.54, 1.807) is 22.2 Å². The van der Waals surface area contributed by atoms with E-state index in [4.69, 9.17) is 4.74 Å². The molecule has 7 heterocycles. The summed E-state index contributed by atoms with van der Waals surface area (Å²) in [5.41, 5.74) is 2.62. The predicted molar refractivity (Wildman–Crippen MR) is 146 cm³/mol. The maximum absolute atomic E-state index is 12.1. The van der Waals surface area contributed by atoms with Gasteiger partial charge in [-0.3, -0.25) is 4.79 Å². The number of amides is 1. The number of piperazine rings is 1. The molecule has 38 heavy (non-hydrogen) atoms. The summed E-state index contributed by atoms with van der Waals surface area (Å²) in [7, 11) is 0. The first-order valence-corrected chi connectivity index (χ1v) is 13.2. The number of nitrogens with zero attached hydrogens (tertiary/aromatic N) is 7. The van der Waals surface area contributed by atoms with Crippen LogP contribution in [0, 0.1) is 6.92 Å². The number of carbonyl (C=O) groups is 1. The molecule has 0 spiro atoms. The van der Waals surface area contributed by atoms with Crippen LogP contribution in [-0.4, -0.2) is 60.5 Å². The van der Waals surface area contributed by atoms with Crippen molar-refractivity contribution in [3.05, 3.63) is 73.5 Å². The van der Waals surface area contributed by atoms with Gasteiger partial charge in [-0.15, -0.1) is 0 Å². The second kappa shape index (κ2) is 8.80. The molecule has 0 radical (unpaired) electrons. The van der Waals surface area contributed by atoms with Crippen LogP contribution in [0.3, 0.4) is 0 Å². The maximum Gasteiger partial charge on any atom is 0.246 e. The van der Waals surface area contributed by atoms with Gasteiger partial charge in [-0.1, -0.05) is 17.9 Å². The Balaban J connectivity index is 1.09. The highest BCUT2D eigenvalue weighted by atomic mass is 32.1. The van der Waals surface area contributed by atoms with Crippen LogP contribution in [0.5, 0.6) is 11.5 Å². The number of fused-ring (bicyclic) bond motifs is 4. The maximum atomic E-state index is 12.1. The van der Waals surface area contributed by atoms with E-state index in [1.807, 2.05) is 48.4 Å². The molecule has 5 aromatic rings. The standard InChI is InChI=1S/C27H24N8O2S/c1-3-24(36)35-18-9-19(35)13-33(12-18)25-11-21-26(29-14-30-27(21)38-25)32-17-4-5-22(16(2)8-17)37-20-6-7-34-23(10-20)28-15-31-34/h3-8,10-11,14-15,18-19H,1,9,12-13H2,2H3,(H,29,30,32). The molecule has 3 saturated heterocycles. The van der Waals surface area contributed by atoms with Crippen LogP contribution in [0.25, 0.3) is 15.9 Å². The molecule has 4 aromatic heterocycles. The fraction of sp³-hybridized carbons (Fsp3) is 0.222. The Kier molecular flexibility index (Phi) is 5.25. The number of aryl methyl sites for hydroxylation is 1. The van der Waals surface area contributed by atoms with E-state index in [-0.39, 0.29) is 18.0 Å². The Bertz CT molecular complexity index is 1700. The van der Waals surface area contributed by atoms with Gasteiger partial charge in [-0.05, 0) is 55.3 Å². The highest BCUT2D eigenvalue weighted by molar-refractivity contribution is 7.22. The van der Waals surface area contributed by atoms with Crippen molar-refractivity contribution in [3.8, 4) is 11.5 Å². The zero-order chi connectivity index (χ0) is 25.8. The largest absolute Gasteiger partial charge is 0.457 e. The number of rotatable bonds is 6. The van der Waals surface area contributed by atoms with Crippen molar-refractivity contribution < 1.29 is 9.53 Å². The van der Waals surface area contributed by atoms with E-state index < -0.39 is 0 Å². The van der Waals surface area contributed by atoms with Crippen molar-refractivity contribution in [2.24, 2.45) is 0 Å². The lowest BCUT2D eigenvalue weighted by Crippen LogP contribution is -2.70. The monoisotopic (exact) mass is 524 g/mol. The van der Waals surface area contributed by atoms with Crippen LogP contribution < -0.4 is 15.0 Å². The summed E-state index contributed by atoms with van der Waals surface area (Å²) in [6.07, 6.45) is 7.40. The normalized spacial score (nSPS) is 18.4. The number of thiophene rings is 1. The Hall–Kier alpha value is -4.51. The van der Waals surface area contributed by atoms with Crippen molar-refractivity contribution in [2.45, 2.75) is 25.4 Å². The van der Waals surface area contributed by atoms with E-state index in [1.165, 1.54) is 12.4 Å². The molecule has 0 saturated carbocycles. The molecule has 8 rings (SSSR count). The van der Waals surface area contributed by atoms with E-state index in [9.17, 15) is 4.79 Å². The van der Waals surface area contributed by atoms with Crippen LogP contribution in [0.4, 0.5) is 16.5 Å². The first-order chi connectivity index (χ1) is 18.6. The minimum atomic E-state index is 0.0303. The molecule has 3 fully saturated rings. The lowest BCUT2D eigenvalue weighted by Gasteiger charge is -2.56. The Morgan fingerprint density at radius 1 is 1.13 bits per heavy atom. The van der Waals surface area contributed by atoms with Crippen LogP contribution in [0.1, 0.15) is 12.0 Å². The van der Waals surface area contributed by atoms with Gasteiger partial charge in [0.25, 0.3) is 0 Å². The SMILES string of the molecule is C=CC(=O)N1C2CC1CN(c1cc3c(Nc4ccc(Oc5ccn6ncnc6c5)c(C)c4)ncnc3s1)C2. The Morgan fingerprint density at radius 3 is 2.82 bits per heavy atom. The molecule has 2 unspecified atom stereocenters. The smallest absolute Gasteiger partial charge is 0.246 e. The number of aromatic nitrogens is 5. The molecule has 1 N–H and O–H groups in total. The van der Waals surface area contributed by atoms with Crippen molar-refractivity contribution in [1.82, 2.24) is 29.5 Å². The number of anilines is 3. The lowest BCUT2D eigenvalue weighted by molar-refractivity contribution is -0.140. The number of pyridine rings is 1. The minimum Gasteiger partial charge on any atom is -0.457 e. The lowest BCUT2D eigenvalue weighted by atomic mass is 9.87. The highest BCUT2D eigenvalue weighted by Gasteiger charge is 2.46. The van der Waals surface area contributed by atoms with Crippen LogP contribution >= 0.6 is 11.3 Å². The van der Waals surface area contributed by atoms with Crippen molar-refractivity contribution in [1.29, 1.82) is 0 Å². The number of ether oxygens (including phenoxy) is 1. The van der Waals surface area contributed by atoms with Gasteiger partial charge in [0.05, 0.1) is 22.5 Å². The van der Waals surface area contributed by atoms with E-state index in [2.05, 4.69) is 42.9 Å². The predicted octanol–water partition coefficient (Wildman–Crippen LogP) is 4.55. The summed E-state index contributed by atoms with van der Waals surface area (Å²) < 4.78 is 7.80. The molecule has 3 aliphatic rings. The number of piperidine rings is 1. The van der Waals surface area contributed by atoms with Crippen molar-refractivity contribution in [2.75, 3.05) is 23.3 Å². The topological polar surface area (TPSA) is 101 Å². The number of carbonyl (C=O) groups excluding carboxylic acids is 1. The highest BCUT2D eigenvalue weighted by Crippen LogP contribution is 2.40. The second-order valence-electron chi connectivity index (χ2n) is 9.56. The molecule has 1 amide bonds. The van der Waals surface area contributed by atoms with Gasteiger partial charge in [-0.2, -0.15) is 5.10 Å². The van der Waals surface area contributed by atoms with Crippen LogP contribution in [0.2, 0.25) is 0 Å². The summed E-state index contributed by atoms with van der Waals surface area (Å²) in [4.78, 5) is 30.6. The van der Waals surface area contributed by atoms with Gasteiger partial charge < -0.3 is 19.9 Å². The van der Waals surface area contributed by atoms with E-state index >= 15 is 0 Å². The van der Waals surface area contributed by atoms with Crippen molar-refractivity contribution >= 4 is 49.6 Å². The first kappa shape index (κ1) is 22.7. The number of hydrogen-bond acceptors (Lipinski definition) is 9. The molecular formula is C27H24N8O2S. The minimum absolute atomic E-state index is 0.0303. The second-order valence-corrected chi connectivity index (χ2v) is 10.6. The van der Waals surface area contributed by atoms with Crippen LogP contribution in [-0.2, 0) is 4.79 Å². The molecule has 3 aliphatic heterocycles. The fourth-order valence-corrected chi connectivity index (χ4v) is 6.34. The Morgan fingerprint density at radius 2 is 2.00 bits per heavy atom. The summed E-state index contributed by atoms with van der Waals surface area (Å²) in [5, 5.41) is 9.70. The fourth-order valence-electron chi connectivity index (χ4n) is 5.32. The van der Waals surface area contributed by atoms with Gasteiger partial charge in [0.1, 0.15) is 34.8 Å². The number of nitrogens with one attached hydrogen (secondary N) is 1. The Labute approximate surface area is 222 Å². The molecule has 2 atom stereocenters.